The van der Waals surface area contributed by atoms with Gasteiger partial charge in [-0.1, -0.05) is 12.1 Å². The second kappa shape index (κ2) is 5.54. The van der Waals surface area contributed by atoms with E-state index in [1.54, 1.807) is 18.2 Å². The smallest absolute Gasteiger partial charge is 0.307 e. The highest BCUT2D eigenvalue weighted by Gasteiger charge is 2.37. The molecule has 0 bridgehead atoms. The zero-order valence-corrected chi connectivity index (χ0v) is 12.4. The van der Waals surface area contributed by atoms with Crippen LogP contribution in [0.15, 0.2) is 29.2 Å². The third kappa shape index (κ3) is 2.86. The van der Waals surface area contributed by atoms with Crippen LogP contribution in [0.4, 0.5) is 0 Å². The molecule has 1 aromatic rings. The average molecular weight is 297 g/mol. The van der Waals surface area contributed by atoms with Crippen molar-refractivity contribution in [1.29, 1.82) is 0 Å². The van der Waals surface area contributed by atoms with E-state index in [4.69, 9.17) is 5.11 Å². The Balaban J connectivity index is 2.34. The van der Waals surface area contributed by atoms with Crippen molar-refractivity contribution in [1.82, 2.24) is 4.31 Å². The van der Waals surface area contributed by atoms with E-state index in [2.05, 4.69) is 0 Å². The van der Waals surface area contributed by atoms with Crippen LogP contribution in [0.25, 0.3) is 0 Å². The number of aliphatic carboxylic acids is 1. The second-order valence-corrected chi connectivity index (χ2v) is 7.24. The van der Waals surface area contributed by atoms with Crippen LogP contribution >= 0.6 is 0 Å². The van der Waals surface area contributed by atoms with Crippen molar-refractivity contribution >= 4 is 16.0 Å². The summed E-state index contributed by atoms with van der Waals surface area (Å²) in [6.45, 7) is 3.71. The molecule has 1 saturated heterocycles. The van der Waals surface area contributed by atoms with Crippen LogP contribution in [0.3, 0.4) is 0 Å². The molecule has 1 aliphatic rings. The number of piperidine rings is 1. The van der Waals surface area contributed by atoms with Crippen LogP contribution in [-0.4, -0.2) is 36.4 Å². The summed E-state index contributed by atoms with van der Waals surface area (Å²) >= 11 is 0. The number of rotatable bonds is 3. The Morgan fingerprint density at radius 1 is 1.35 bits per heavy atom. The maximum absolute atomic E-state index is 12.7. The summed E-state index contributed by atoms with van der Waals surface area (Å²) in [7, 11) is -3.63. The predicted molar refractivity (Wildman–Crippen MR) is 74.9 cm³/mol. The van der Waals surface area contributed by atoms with E-state index in [0.29, 0.717) is 12.8 Å². The van der Waals surface area contributed by atoms with Crippen LogP contribution in [0.2, 0.25) is 0 Å². The molecule has 2 unspecified atom stereocenters. The number of carbonyl (C=O) groups is 1. The Bertz CT molecular complexity index is 611. The van der Waals surface area contributed by atoms with Crippen LogP contribution < -0.4 is 0 Å². The summed E-state index contributed by atoms with van der Waals surface area (Å²) in [5, 5.41) is 9.10. The van der Waals surface area contributed by atoms with E-state index >= 15 is 0 Å². The Hall–Kier alpha value is -1.40. The van der Waals surface area contributed by atoms with E-state index in [0.717, 1.165) is 5.56 Å². The number of benzene rings is 1. The molecule has 5 nitrogen and oxygen atoms in total. The molecule has 1 N–H and O–H groups in total. The number of nitrogens with zero attached hydrogens (tertiary/aromatic N) is 1. The van der Waals surface area contributed by atoms with Gasteiger partial charge in [0, 0.05) is 12.6 Å². The fourth-order valence-corrected chi connectivity index (χ4v) is 4.33. The molecule has 110 valence electrons. The molecular formula is C14H19NO4S. The molecule has 0 amide bonds. The molecule has 2 rings (SSSR count). The Labute approximate surface area is 119 Å². The van der Waals surface area contributed by atoms with Crippen molar-refractivity contribution < 1.29 is 18.3 Å². The molecule has 1 aliphatic heterocycles. The first-order valence-corrected chi connectivity index (χ1v) is 8.07. The molecule has 0 radical (unpaired) electrons. The van der Waals surface area contributed by atoms with Gasteiger partial charge in [-0.05, 0) is 44.4 Å². The molecule has 0 saturated carbocycles. The fourth-order valence-electron chi connectivity index (χ4n) is 2.52. The molecule has 20 heavy (non-hydrogen) atoms. The van der Waals surface area contributed by atoms with Crippen molar-refractivity contribution in [2.75, 3.05) is 6.54 Å². The van der Waals surface area contributed by atoms with Gasteiger partial charge < -0.3 is 5.11 Å². The van der Waals surface area contributed by atoms with Gasteiger partial charge in [0.2, 0.25) is 10.0 Å². The van der Waals surface area contributed by atoms with Crippen LogP contribution in [-0.2, 0) is 14.8 Å². The van der Waals surface area contributed by atoms with E-state index < -0.39 is 21.9 Å². The fraction of sp³-hybridized carbons (Fsp3) is 0.500. The SMILES string of the molecule is Cc1cccc(S(=O)(=O)N2CC(C(=O)O)CCC2C)c1. The number of carboxylic acids is 1. The van der Waals surface area contributed by atoms with Gasteiger partial charge in [0.15, 0.2) is 0 Å². The standard InChI is InChI=1S/C14H19NO4S/c1-10-4-3-5-13(8-10)20(18,19)15-9-12(14(16)17)7-6-11(15)2/h3-5,8,11-12H,6-7,9H2,1-2H3,(H,16,17). The van der Waals surface area contributed by atoms with Crippen molar-refractivity contribution in [3.63, 3.8) is 0 Å². The molecule has 0 aromatic heterocycles. The summed E-state index contributed by atoms with van der Waals surface area (Å²) in [5.74, 6) is -1.55. The normalized spacial score (nSPS) is 24.5. The zero-order valence-electron chi connectivity index (χ0n) is 11.6. The summed E-state index contributed by atoms with van der Waals surface area (Å²) in [6.07, 6.45) is 1.10. The minimum absolute atomic E-state index is 0.0484. The minimum atomic E-state index is -3.63. The highest BCUT2D eigenvalue weighted by Crippen LogP contribution is 2.28. The Morgan fingerprint density at radius 3 is 2.65 bits per heavy atom. The van der Waals surface area contributed by atoms with Gasteiger partial charge >= 0.3 is 5.97 Å². The zero-order chi connectivity index (χ0) is 14.9. The summed E-state index contributed by atoms with van der Waals surface area (Å²) < 4.78 is 26.6. The topological polar surface area (TPSA) is 74.7 Å². The lowest BCUT2D eigenvalue weighted by molar-refractivity contribution is -0.143. The lowest BCUT2D eigenvalue weighted by Crippen LogP contribution is -2.47. The number of aryl methyl sites for hydroxylation is 1. The highest BCUT2D eigenvalue weighted by atomic mass is 32.2. The first kappa shape index (κ1) is 15.0. The van der Waals surface area contributed by atoms with Crippen LogP contribution in [0.1, 0.15) is 25.3 Å². The van der Waals surface area contributed by atoms with E-state index in [1.165, 1.54) is 4.31 Å². The van der Waals surface area contributed by atoms with E-state index in [9.17, 15) is 13.2 Å². The van der Waals surface area contributed by atoms with E-state index in [-0.39, 0.29) is 17.5 Å². The van der Waals surface area contributed by atoms with Crippen molar-refractivity contribution in [3.05, 3.63) is 29.8 Å². The van der Waals surface area contributed by atoms with Crippen molar-refractivity contribution in [2.24, 2.45) is 5.92 Å². The van der Waals surface area contributed by atoms with Crippen molar-refractivity contribution in [2.45, 2.75) is 37.6 Å². The molecule has 6 heteroatoms. The molecule has 1 aromatic carbocycles. The maximum atomic E-state index is 12.7. The maximum Gasteiger partial charge on any atom is 0.307 e. The first-order chi connectivity index (χ1) is 9.32. The van der Waals surface area contributed by atoms with Crippen molar-refractivity contribution in [3.8, 4) is 0 Å². The van der Waals surface area contributed by atoms with Gasteiger partial charge in [-0.2, -0.15) is 4.31 Å². The highest BCUT2D eigenvalue weighted by molar-refractivity contribution is 7.89. The summed E-state index contributed by atoms with van der Waals surface area (Å²) in [6, 6.07) is 6.53. The summed E-state index contributed by atoms with van der Waals surface area (Å²) in [5.41, 5.74) is 0.866. The number of carboxylic acid groups (broad SMARTS) is 1. The number of hydrogen-bond donors (Lipinski definition) is 1. The quantitative estimate of drug-likeness (QED) is 0.924. The van der Waals surface area contributed by atoms with Gasteiger partial charge in [0.1, 0.15) is 0 Å². The van der Waals surface area contributed by atoms with Gasteiger partial charge in [0.25, 0.3) is 0 Å². The molecule has 0 aliphatic carbocycles. The van der Waals surface area contributed by atoms with Gasteiger partial charge in [-0.3, -0.25) is 4.79 Å². The first-order valence-electron chi connectivity index (χ1n) is 6.63. The second-order valence-electron chi connectivity index (χ2n) is 5.35. The molecular weight excluding hydrogens is 278 g/mol. The largest absolute Gasteiger partial charge is 0.481 e. The number of sulfonamides is 1. The monoisotopic (exact) mass is 297 g/mol. The number of hydrogen-bond acceptors (Lipinski definition) is 3. The molecule has 1 heterocycles. The minimum Gasteiger partial charge on any atom is -0.481 e. The lowest BCUT2D eigenvalue weighted by Gasteiger charge is -2.35. The molecule has 1 fully saturated rings. The lowest BCUT2D eigenvalue weighted by atomic mass is 9.96. The van der Waals surface area contributed by atoms with Gasteiger partial charge in [-0.15, -0.1) is 0 Å². The third-order valence-electron chi connectivity index (χ3n) is 3.77. The predicted octanol–water partition coefficient (Wildman–Crippen LogP) is 1.87. The average Bonchev–Trinajstić information content (AvgIpc) is 2.38. The third-order valence-corrected chi connectivity index (χ3v) is 5.75. The van der Waals surface area contributed by atoms with Crippen LogP contribution in [0, 0.1) is 12.8 Å². The van der Waals surface area contributed by atoms with Crippen LogP contribution in [0.5, 0.6) is 0 Å². The Kier molecular flexibility index (Phi) is 4.15. The molecule has 2 atom stereocenters. The molecule has 0 spiro atoms. The van der Waals surface area contributed by atoms with Gasteiger partial charge in [0.05, 0.1) is 10.8 Å². The summed E-state index contributed by atoms with van der Waals surface area (Å²) in [4.78, 5) is 11.3. The van der Waals surface area contributed by atoms with E-state index in [1.807, 2.05) is 19.9 Å². The van der Waals surface area contributed by atoms with Gasteiger partial charge in [-0.25, -0.2) is 8.42 Å². The Morgan fingerprint density at radius 2 is 2.05 bits per heavy atom.